The molecule has 6 nitrogen and oxygen atoms in total. The first-order chi connectivity index (χ1) is 14.6. The minimum atomic E-state index is 0.0241. The number of aromatic nitrogens is 3. The maximum absolute atomic E-state index is 12.3. The number of carbonyl (C=O) groups is 1. The second-order valence-electron chi connectivity index (χ2n) is 7.24. The van der Waals surface area contributed by atoms with Crippen LogP contribution >= 0.6 is 12.2 Å². The average molecular weight is 424 g/mol. The topological polar surface area (TPSA) is 66.0 Å². The third-order valence-corrected chi connectivity index (χ3v) is 5.34. The Morgan fingerprint density at radius 2 is 2.00 bits per heavy atom. The van der Waals surface area contributed by atoms with Crippen LogP contribution in [0.1, 0.15) is 25.3 Å². The molecular formula is C23H29N5OS. The van der Waals surface area contributed by atoms with Gasteiger partial charge in [0.2, 0.25) is 5.91 Å². The molecule has 0 aliphatic rings. The van der Waals surface area contributed by atoms with Gasteiger partial charge in [0.15, 0.2) is 10.6 Å². The Hall–Kier alpha value is -2.93. The third kappa shape index (κ3) is 5.79. The molecule has 1 aromatic heterocycles. The number of aromatic amines is 1. The van der Waals surface area contributed by atoms with Crippen molar-refractivity contribution in [1.82, 2.24) is 20.1 Å². The van der Waals surface area contributed by atoms with Crippen LogP contribution in [0.2, 0.25) is 0 Å². The highest BCUT2D eigenvalue weighted by Crippen LogP contribution is 2.19. The largest absolute Gasteiger partial charge is 0.372 e. The normalized spacial score (nSPS) is 10.7. The fourth-order valence-corrected chi connectivity index (χ4v) is 3.66. The number of para-hydroxylation sites is 1. The van der Waals surface area contributed by atoms with Crippen LogP contribution in [0.4, 0.5) is 5.69 Å². The van der Waals surface area contributed by atoms with Crippen LogP contribution in [0.25, 0.3) is 11.4 Å². The monoisotopic (exact) mass is 423 g/mol. The van der Waals surface area contributed by atoms with E-state index in [4.69, 9.17) is 12.2 Å². The van der Waals surface area contributed by atoms with Crippen LogP contribution in [0, 0.1) is 11.7 Å². The van der Waals surface area contributed by atoms with E-state index in [0.29, 0.717) is 24.3 Å². The predicted molar refractivity (Wildman–Crippen MR) is 124 cm³/mol. The standard InChI is InChI=1S/C23H29N5OS/c1-3-27(20-11-5-4-6-12-20)15-8-14-24-21(29)13-16-28-22(25-26-23(28)30)19-10-7-9-18(2)17-19/h4-7,9-12,17H,3,8,13-16H2,1-2H3,(H,24,29)(H,26,30). The number of nitrogens with one attached hydrogen (secondary N) is 2. The van der Waals surface area contributed by atoms with E-state index in [1.54, 1.807) is 0 Å². The van der Waals surface area contributed by atoms with Gasteiger partial charge in [-0.3, -0.25) is 14.5 Å². The Morgan fingerprint density at radius 3 is 2.73 bits per heavy atom. The van der Waals surface area contributed by atoms with Gasteiger partial charge in [0.25, 0.3) is 0 Å². The van der Waals surface area contributed by atoms with Gasteiger partial charge in [-0.25, -0.2) is 0 Å². The van der Waals surface area contributed by atoms with Crippen molar-refractivity contribution in [2.75, 3.05) is 24.5 Å². The fourth-order valence-electron chi connectivity index (χ4n) is 3.44. The van der Waals surface area contributed by atoms with Crippen LogP contribution in [0.5, 0.6) is 0 Å². The Labute approximate surface area is 182 Å². The minimum absolute atomic E-state index is 0.0241. The molecule has 0 aliphatic carbocycles. The molecule has 2 aromatic carbocycles. The number of anilines is 1. The molecule has 30 heavy (non-hydrogen) atoms. The number of H-pyrrole nitrogens is 1. The van der Waals surface area contributed by atoms with Crippen molar-refractivity contribution in [2.45, 2.75) is 33.2 Å². The Morgan fingerprint density at radius 1 is 1.20 bits per heavy atom. The van der Waals surface area contributed by atoms with Crippen molar-refractivity contribution < 1.29 is 4.79 Å². The Kier molecular flexibility index (Phi) is 7.79. The molecule has 0 bridgehead atoms. The van der Waals surface area contributed by atoms with Crippen molar-refractivity contribution in [3.05, 3.63) is 64.9 Å². The number of nitrogens with zero attached hydrogens (tertiary/aromatic N) is 3. The molecule has 2 N–H and O–H groups in total. The van der Waals surface area contributed by atoms with Gasteiger partial charge in [-0.1, -0.05) is 42.0 Å². The van der Waals surface area contributed by atoms with Gasteiger partial charge in [-0.05, 0) is 50.7 Å². The van der Waals surface area contributed by atoms with Crippen LogP contribution < -0.4 is 10.2 Å². The van der Waals surface area contributed by atoms with Crippen molar-refractivity contribution in [3.63, 3.8) is 0 Å². The van der Waals surface area contributed by atoms with Crippen molar-refractivity contribution in [1.29, 1.82) is 0 Å². The molecule has 1 amide bonds. The number of aryl methyl sites for hydroxylation is 1. The summed E-state index contributed by atoms with van der Waals surface area (Å²) in [6.45, 7) is 7.19. The van der Waals surface area contributed by atoms with Gasteiger partial charge < -0.3 is 10.2 Å². The summed E-state index contributed by atoms with van der Waals surface area (Å²) in [5.41, 5.74) is 3.36. The lowest BCUT2D eigenvalue weighted by Gasteiger charge is -2.23. The zero-order chi connectivity index (χ0) is 21.3. The summed E-state index contributed by atoms with van der Waals surface area (Å²) in [5, 5.41) is 10.2. The predicted octanol–water partition coefficient (Wildman–Crippen LogP) is 4.34. The van der Waals surface area contributed by atoms with E-state index < -0.39 is 0 Å². The van der Waals surface area contributed by atoms with E-state index in [0.717, 1.165) is 36.5 Å². The molecule has 0 radical (unpaired) electrons. The molecular weight excluding hydrogens is 394 g/mol. The zero-order valence-electron chi connectivity index (χ0n) is 17.6. The number of amides is 1. The molecule has 0 saturated carbocycles. The SMILES string of the molecule is CCN(CCCNC(=O)CCn1c(-c2cccc(C)c2)n[nH]c1=S)c1ccccc1. The molecule has 158 valence electrons. The smallest absolute Gasteiger partial charge is 0.221 e. The van der Waals surface area contributed by atoms with Gasteiger partial charge in [-0.15, -0.1) is 0 Å². The first-order valence-electron chi connectivity index (χ1n) is 10.4. The lowest BCUT2D eigenvalue weighted by atomic mass is 10.1. The molecule has 0 unspecified atom stereocenters. The van der Waals surface area contributed by atoms with Gasteiger partial charge in [0, 0.05) is 43.9 Å². The number of hydrogen-bond donors (Lipinski definition) is 2. The molecule has 0 aliphatic heterocycles. The molecule has 3 aromatic rings. The highest BCUT2D eigenvalue weighted by atomic mass is 32.1. The zero-order valence-corrected chi connectivity index (χ0v) is 18.4. The molecule has 0 fully saturated rings. The summed E-state index contributed by atoms with van der Waals surface area (Å²) in [7, 11) is 0. The fraction of sp³-hybridized carbons (Fsp3) is 0.348. The van der Waals surface area contributed by atoms with E-state index in [9.17, 15) is 4.79 Å². The van der Waals surface area contributed by atoms with E-state index in [-0.39, 0.29) is 5.91 Å². The van der Waals surface area contributed by atoms with Gasteiger partial charge in [0.1, 0.15) is 0 Å². The second-order valence-corrected chi connectivity index (χ2v) is 7.63. The maximum Gasteiger partial charge on any atom is 0.221 e. The summed E-state index contributed by atoms with van der Waals surface area (Å²) in [6, 6.07) is 18.4. The lowest BCUT2D eigenvalue weighted by Crippen LogP contribution is -2.30. The first kappa shape index (κ1) is 21.8. The average Bonchev–Trinajstić information content (AvgIpc) is 3.13. The molecule has 0 saturated heterocycles. The number of hydrogen-bond acceptors (Lipinski definition) is 4. The van der Waals surface area contributed by atoms with Gasteiger partial charge in [0.05, 0.1) is 0 Å². The van der Waals surface area contributed by atoms with Crippen molar-refractivity contribution in [2.24, 2.45) is 0 Å². The summed E-state index contributed by atoms with van der Waals surface area (Å²) in [5.74, 6) is 0.786. The summed E-state index contributed by atoms with van der Waals surface area (Å²) < 4.78 is 2.42. The highest BCUT2D eigenvalue weighted by molar-refractivity contribution is 7.71. The van der Waals surface area contributed by atoms with Crippen LogP contribution in [-0.2, 0) is 11.3 Å². The van der Waals surface area contributed by atoms with Crippen LogP contribution in [0.15, 0.2) is 54.6 Å². The second kappa shape index (κ2) is 10.7. The summed E-state index contributed by atoms with van der Waals surface area (Å²) >= 11 is 5.36. The Balaban J connectivity index is 1.48. The first-order valence-corrected chi connectivity index (χ1v) is 10.8. The van der Waals surface area contributed by atoms with Crippen LogP contribution in [-0.4, -0.2) is 40.3 Å². The number of carbonyl (C=O) groups excluding carboxylic acids is 1. The molecule has 0 atom stereocenters. The Bertz CT molecular complexity index is 1010. The van der Waals surface area contributed by atoms with E-state index in [1.165, 1.54) is 5.69 Å². The molecule has 1 heterocycles. The molecule has 3 rings (SSSR count). The molecule has 7 heteroatoms. The van der Waals surface area contributed by atoms with E-state index in [2.05, 4.69) is 45.5 Å². The highest BCUT2D eigenvalue weighted by Gasteiger charge is 2.11. The number of benzene rings is 2. The lowest BCUT2D eigenvalue weighted by molar-refractivity contribution is -0.121. The summed E-state index contributed by atoms with van der Waals surface area (Å²) in [4.78, 5) is 14.6. The number of rotatable bonds is 10. The van der Waals surface area contributed by atoms with Gasteiger partial charge >= 0.3 is 0 Å². The third-order valence-electron chi connectivity index (χ3n) is 5.03. The van der Waals surface area contributed by atoms with Crippen molar-refractivity contribution >= 4 is 23.8 Å². The van der Waals surface area contributed by atoms with E-state index >= 15 is 0 Å². The summed E-state index contributed by atoms with van der Waals surface area (Å²) in [6.07, 6.45) is 1.26. The van der Waals surface area contributed by atoms with Crippen molar-refractivity contribution in [3.8, 4) is 11.4 Å². The quantitative estimate of drug-likeness (QED) is 0.376. The van der Waals surface area contributed by atoms with Crippen LogP contribution in [0.3, 0.4) is 0 Å². The maximum atomic E-state index is 12.3. The van der Waals surface area contributed by atoms with Gasteiger partial charge in [-0.2, -0.15) is 5.10 Å². The molecule has 0 spiro atoms. The van der Waals surface area contributed by atoms with E-state index in [1.807, 2.05) is 47.9 Å². The minimum Gasteiger partial charge on any atom is -0.372 e.